The van der Waals surface area contributed by atoms with E-state index in [9.17, 15) is 4.79 Å². The highest BCUT2D eigenvalue weighted by Gasteiger charge is 2.24. The van der Waals surface area contributed by atoms with Crippen LogP contribution in [0.15, 0.2) is 61.3 Å². The van der Waals surface area contributed by atoms with E-state index in [1.807, 2.05) is 47.2 Å². The fourth-order valence-electron chi connectivity index (χ4n) is 3.49. The molecule has 0 aliphatic heterocycles. The number of carbonyl (C=O) groups is 1. The second-order valence-electron chi connectivity index (χ2n) is 7.48. The number of nitrogens with zero attached hydrogens (tertiary/aromatic N) is 4. The summed E-state index contributed by atoms with van der Waals surface area (Å²) in [6.45, 7) is 0. The van der Waals surface area contributed by atoms with Gasteiger partial charge >= 0.3 is 0 Å². The first-order valence-corrected chi connectivity index (χ1v) is 9.86. The molecule has 2 N–H and O–H groups in total. The molecule has 0 unspecified atom stereocenters. The molecule has 1 saturated carbocycles. The molecular formula is C24H19N5O. The average molecular weight is 393 g/mol. The summed E-state index contributed by atoms with van der Waals surface area (Å²) in [7, 11) is 0. The van der Waals surface area contributed by atoms with Crippen molar-refractivity contribution in [2.45, 2.75) is 19.3 Å². The van der Waals surface area contributed by atoms with Crippen LogP contribution in [0.5, 0.6) is 0 Å². The number of carbonyl (C=O) groups excluding carboxylic acids is 1. The maximum Gasteiger partial charge on any atom is 0.163 e. The van der Waals surface area contributed by atoms with E-state index < -0.39 is 0 Å². The number of rotatable bonds is 4. The molecule has 6 nitrogen and oxygen atoms in total. The lowest BCUT2D eigenvalue weighted by molar-refractivity contribution is 0.0976. The van der Waals surface area contributed by atoms with Gasteiger partial charge < -0.3 is 5.73 Å². The Kier molecular flexibility index (Phi) is 4.49. The molecule has 1 aromatic carbocycles. The van der Waals surface area contributed by atoms with Crippen molar-refractivity contribution >= 4 is 22.6 Å². The van der Waals surface area contributed by atoms with E-state index in [4.69, 9.17) is 5.73 Å². The summed E-state index contributed by atoms with van der Waals surface area (Å²) in [6, 6.07) is 11.3. The van der Waals surface area contributed by atoms with Crippen molar-refractivity contribution in [3.05, 3.63) is 78.0 Å². The van der Waals surface area contributed by atoms with Crippen molar-refractivity contribution in [1.29, 1.82) is 0 Å². The van der Waals surface area contributed by atoms with E-state index in [2.05, 4.69) is 26.8 Å². The van der Waals surface area contributed by atoms with Gasteiger partial charge in [-0.1, -0.05) is 24.0 Å². The number of aromatic nitrogens is 4. The number of anilines is 1. The Morgan fingerprint density at radius 3 is 2.77 bits per heavy atom. The fraction of sp³-hybridized carbons (Fsp3) is 0.167. The smallest absolute Gasteiger partial charge is 0.163 e. The van der Waals surface area contributed by atoms with E-state index in [-0.39, 0.29) is 5.78 Å². The third kappa shape index (κ3) is 3.53. The van der Waals surface area contributed by atoms with Crippen LogP contribution in [-0.2, 0) is 0 Å². The number of fused-ring (bicyclic) bond motifs is 1. The Hall–Kier alpha value is -3.98. The van der Waals surface area contributed by atoms with E-state index in [0.717, 1.165) is 35.2 Å². The number of nitrogen functional groups attached to an aromatic ring is 1. The Bertz CT molecular complexity index is 1310. The summed E-state index contributed by atoms with van der Waals surface area (Å²) in [5.74, 6) is 7.50. The molecule has 3 aromatic heterocycles. The van der Waals surface area contributed by atoms with E-state index in [0.29, 0.717) is 29.2 Å². The van der Waals surface area contributed by atoms with Gasteiger partial charge in [0.25, 0.3) is 0 Å². The van der Waals surface area contributed by atoms with Crippen LogP contribution in [0.4, 0.5) is 5.82 Å². The molecule has 5 rings (SSSR count). The molecular weight excluding hydrogens is 374 g/mol. The molecule has 0 bridgehead atoms. The topological polar surface area (TPSA) is 86.7 Å². The van der Waals surface area contributed by atoms with Crippen molar-refractivity contribution in [1.82, 2.24) is 19.5 Å². The monoisotopic (exact) mass is 393 g/mol. The van der Waals surface area contributed by atoms with Crippen molar-refractivity contribution in [2.75, 3.05) is 5.73 Å². The molecule has 0 spiro atoms. The number of nitrogens with two attached hydrogens (primary N) is 1. The zero-order valence-electron chi connectivity index (χ0n) is 16.2. The molecule has 0 radical (unpaired) electrons. The number of hydrogen-bond donors (Lipinski definition) is 1. The van der Waals surface area contributed by atoms with Crippen LogP contribution >= 0.6 is 0 Å². The zero-order valence-corrected chi connectivity index (χ0v) is 16.2. The highest BCUT2D eigenvalue weighted by Crippen LogP contribution is 2.33. The van der Waals surface area contributed by atoms with Gasteiger partial charge in [0.2, 0.25) is 0 Å². The first-order chi connectivity index (χ1) is 14.7. The molecule has 1 fully saturated rings. The maximum atomic E-state index is 12.4. The van der Waals surface area contributed by atoms with Gasteiger partial charge in [-0.25, -0.2) is 9.97 Å². The molecule has 1 aliphatic carbocycles. The van der Waals surface area contributed by atoms with E-state index in [1.54, 1.807) is 12.4 Å². The van der Waals surface area contributed by atoms with Gasteiger partial charge in [0.15, 0.2) is 11.4 Å². The molecule has 30 heavy (non-hydrogen) atoms. The molecule has 1 aliphatic rings. The molecule has 146 valence electrons. The Balaban J connectivity index is 1.54. The first-order valence-electron chi connectivity index (χ1n) is 9.86. The minimum absolute atomic E-state index is 0.188. The molecule has 3 heterocycles. The molecule has 0 saturated heterocycles. The second-order valence-corrected chi connectivity index (χ2v) is 7.48. The summed E-state index contributed by atoms with van der Waals surface area (Å²) in [6.07, 6.45) is 9.75. The van der Waals surface area contributed by atoms with Crippen LogP contribution < -0.4 is 5.73 Å². The minimum atomic E-state index is 0.188. The van der Waals surface area contributed by atoms with Gasteiger partial charge in [0, 0.05) is 36.1 Å². The maximum absolute atomic E-state index is 12.4. The predicted molar refractivity (Wildman–Crippen MR) is 115 cm³/mol. The average Bonchev–Trinajstić information content (AvgIpc) is 3.51. The predicted octanol–water partition coefficient (Wildman–Crippen LogP) is 3.78. The van der Waals surface area contributed by atoms with Gasteiger partial charge in [-0.2, -0.15) is 0 Å². The fourth-order valence-corrected chi connectivity index (χ4v) is 3.49. The van der Waals surface area contributed by atoms with Crippen molar-refractivity contribution in [3.8, 4) is 17.5 Å². The van der Waals surface area contributed by atoms with Gasteiger partial charge in [-0.15, -0.1) is 0 Å². The minimum Gasteiger partial charge on any atom is -0.383 e. The number of pyridine rings is 1. The quantitative estimate of drug-likeness (QED) is 0.421. The summed E-state index contributed by atoms with van der Waals surface area (Å²) < 4.78 is 1.93. The summed E-state index contributed by atoms with van der Waals surface area (Å²) in [5.41, 5.74) is 9.98. The molecule has 0 atom stereocenters. The summed E-state index contributed by atoms with van der Waals surface area (Å²) >= 11 is 0. The lowest BCUT2D eigenvalue weighted by atomic mass is 10.0. The normalized spacial score (nSPS) is 13.1. The van der Waals surface area contributed by atoms with Gasteiger partial charge in [0.05, 0.1) is 16.6 Å². The number of Topliss-reactive ketones (excluding diaryl/α,β-unsaturated/α-hetero) is 1. The van der Waals surface area contributed by atoms with Gasteiger partial charge in [-0.3, -0.25) is 14.3 Å². The second kappa shape index (κ2) is 7.45. The van der Waals surface area contributed by atoms with Gasteiger partial charge in [0.1, 0.15) is 12.1 Å². The van der Waals surface area contributed by atoms with Crippen LogP contribution in [0.1, 0.15) is 40.7 Å². The summed E-state index contributed by atoms with van der Waals surface area (Å²) in [5, 5.41) is 0.711. The largest absolute Gasteiger partial charge is 0.383 e. The highest BCUT2D eigenvalue weighted by atomic mass is 16.1. The standard InChI is InChI=1S/C24H19N5O/c25-23-22-19(14-29(24(22)28-15-27-23)20-8-10-26-11-9-20)7-6-16-2-1-3-18(12-16)21(30)13-17-4-5-17/h1-3,8-12,14-15,17H,4-5,13H2,(H2,25,27,28). The Morgan fingerprint density at radius 1 is 1.13 bits per heavy atom. The lowest BCUT2D eigenvalue weighted by Gasteiger charge is -2.03. The molecule has 6 heteroatoms. The van der Waals surface area contributed by atoms with Crippen molar-refractivity contribution in [2.24, 2.45) is 5.92 Å². The van der Waals surface area contributed by atoms with Crippen LogP contribution in [0.25, 0.3) is 16.7 Å². The Morgan fingerprint density at radius 2 is 1.97 bits per heavy atom. The number of ketones is 1. The SMILES string of the molecule is Nc1ncnc2c1c(C#Cc1cccc(C(=O)CC3CC3)c1)cn2-c1ccncc1. The third-order valence-electron chi connectivity index (χ3n) is 5.25. The summed E-state index contributed by atoms with van der Waals surface area (Å²) in [4.78, 5) is 25.0. The Labute approximate surface area is 173 Å². The zero-order chi connectivity index (χ0) is 20.5. The third-order valence-corrected chi connectivity index (χ3v) is 5.25. The van der Waals surface area contributed by atoms with E-state index in [1.165, 1.54) is 6.33 Å². The molecule has 0 amide bonds. The van der Waals surface area contributed by atoms with Crippen LogP contribution in [0.3, 0.4) is 0 Å². The van der Waals surface area contributed by atoms with Crippen molar-refractivity contribution < 1.29 is 4.79 Å². The highest BCUT2D eigenvalue weighted by molar-refractivity contribution is 5.97. The van der Waals surface area contributed by atoms with Crippen LogP contribution in [0.2, 0.25) is 0 Å². The van der Waals surface area contributed by atoms with Gasteiger partial charge in [-0.05, 0) is 43.0 Å². The number of hydrogen-bond acceptors (Lipinski definition) is 5. The van der Waals surface area contributed by atoms with Crippen LogP contribution in [0, 0.1) is 17.8 Å². The van der Waals surface area contributed by atoms with Crippen LogP contribution in [-0.4, -0.2) is 25.3 Å². The first kappa shape index (κ1) is 18.1. The van der Waals surface area contributed by atoms with Crippen molar-refractivity contribution in [3.63, 3.8) is 0 Å². The molecule has 4 aromatic rings. The lowest BCUT2D eigenvalue weighted by Crippen LogP contribution is -2.00. The number of benzene rings is 1. The van der Waals surface area contributed by atoms with E-state index >= 15 is 0 Å².